The van der Waals surface area contributed by atoms with E-state index >= 15 is 0 Å². The molecule has 1 heterocycles. The van der Waals surface area contributed by atoms with E-state index in [2.05, 4.69) is 47.6 Å². The van der Waals surface area contributed by atoms with Gasteiger partial charge in [0.15, 0.2) is 0 Å². The number of nitrogens with one attached hydrogen (secondary N) is 2. The van der Waals surface area contributed by atoms with E-state index in [0.717, 1.165) is 43.9 Å². The van der Waals surface area contributed by atoms with Crippen molar-refractivity contribution in [3.63, 3.8) is 0 Å². The van der Waals surface area contributed by atoms with Crippen LogP contribution in [0.2, 0.25) is 0 Å². The largest absolute Gasteiger partial charge is 0.381 e. The zero-order valence-electron chi connectivity index (χ0n) is 21.5. The zero-order chi connectivity index (χ0) is 24.9. The molecule has 0 unspecified atom stereocenters. The van der Waals surface area contributed by atoms with Gasteiger partial charge in [0.1, 0.15) is 0 Å². The number of nitrogens with zero attached hydrogens (tertiary/aromatic N) is 1. The Bertz CT molecular complexity index is 1030. The minimum Gasteiger partial charge on any atom is -0.381 e. The standard InChI is InChI=1S/C29H39N3O3/c1-5-16-35-17-6-7-21-8-15-26-25(18-21)27(19(2)28(22-9-10-22)32(26)20(3)33)31-24-13-11-23(12-14-24)29(34)30-4/h8,11-15,18-19,22,27-28,31H,5-7,9-10,16-17H2,1-4H3,(H,30,34)/t19-,27-,28-/m0/s1. The van der Waals surface area contributed by atoms with E-state index in [1.165, 1.54) is 24.0 Å². The second kappa shape index (κ2) is 11.3. The smallest absolute Gasteiger partial charge is 0.251 e. The maximum Gasteiger partial charge on any atom is 0.251 e. The van der Waals surface area contributed by atoms with Gasteiger partial charge in [-0.1, -0.05) is 26.0 Å². The molecule has 1 saturated carbocycles. The SMILES string of the molecule is CCCOCCCc1ccc2c(c1)[C@@H](Nc1ccc(C(=O)NC)cc1)[C@H](C)[C@@H](C1CC1)N2C(C)=O. The lowest BCUT2D eigenvalue weighted by Gasteiger charge is -2.46. The third-order valence-electron chi connectivity index (χ3n) is 7.29. The Morgan fingerprint density at radius 1 is 1.09 bits per heavy atom. The van der Waals surface area contributed by atoms with E-state index < -0.39 is 0 Å². The first-order chi connectivity index (χ1) is 16.9. The molecule has 0 bridgehead atoms. The van der Waals surface area contributed by atoms with Crippen LogP contribution in [0.3, 0.4) is 0 Å². The van der Waals surface area contributed by atoms with E-state index in [9.17, 15) is 9.59 Å². The number of fused-ring (bicyclic) bond motifs is 1. The van der Waals surface area contributed by atoms with E-state index in [-0.39, 0.29) is 29.8 Å². The maximum absolute atomic E-state index is 12.9. The molecule has 188 valence electrons. The lowest BCUT2D eigenvalue weighted by Crippen LogP contribution is -2.51. The fraction of sp³-hybridized carbons (Fsp3) is 0.517. The quantitative estimate of drug-likeness (QED) is 0.453. The Morgan fingerprint density at radius 3 is 2.46 bits per heavy atom. The van der Waals surface area contributed by atoms with Gasteiger partial charge < -0.3 is 20.3 Å². The van der Waals surface area contributed by atoms with Gasteiger partial charge in [-0.3, -0.25) is 9.59 Å². The summed E-state index contributed by atoms with van der Waals surface area (Å²) in [4.78, 5) is 26.9. The molecule has 35 heavy (non-hydrogen) atoms. The fourth-order valence-corrected chi connectivity index (χ4v) is 5.44. The molecule has 0 aromatic heterocycles. The van der Waals surface area contributed by atoms with Crippen molar-refractivity contribution in [1.29, 1.82) is 0 Å². The van der Waals surface area contributed by atoms with Crippen LogP contribution in [0, 0.1) is 11.8 Å². The molecule has 6 nitrogen and oxygen atoms in total. The molecule has 2 amide bonds. The van der Waals surface area contributed by atoms with Crippen LogP contribution in [0.1, 0.15) is 74.0 Å². The number of ether oxygens (including phenoxy) is 1. The van der Waals surface area contributed by atoms with E-state index in [1.54, 1.807) is 14.0 Å². The van der Waals surface area contributed by atoms with Gasteiger partial charge in [-0.25, -0.2) is 0 Å². The highest BCUT2D eigenvalue weighted by atomic mass is 16.5. The summed E-state index contributed by atoms with van der Waals surface area (Å²) in [5.74, 6) is 0.827. The molecule has 1 aliphatic carbocycles. The molecule has 6 heteroatoms. The van der Waals surface area contributed by atoms with Gasteiger partial charge in [-0.2, -0.15) is 0 Å². The van der Waals surface area contributed by atoms with Gasteiger partial charge in [0.05, 0.1) is 6.04 Å². The molecule has 2 aromatic rings. The average Bonchev–Trinajstić information content (AvgIpc) is 3.70. The zero-order valence-corrected chi connectivity index (χ0v) is 21.5. The lowest BCUT2D eigenvalue weighted by atomic mass is 9.79. The van der Waals surface area contributed by atoms with E-state index in [4.69, 9.17) is 4.74 Å². The van der Waals surface area contributed by atoms with E-state index in [0.29, 0.717) is 11.5 Å². The number of aryl methyl sites for hydroxylation is 1. The van der Waals surface area contributed by atoms with Crippen LogP contribution < -0.4 is 15.5 Å². The van der Waals surface area contributed by atoms with Gasteiger partial charge in [-0.05, 0) is 79.5 Å². The first-order valence-corrected chi connectivity index (χ1v) is 13.0. The minimum atomic E-state index is -0.0913. The first-order valence-electron chi connectivity index (χ1n) is 13.0. The molecule has 2 N–H and O–H groups in total. The molecule has 3 atom stereocenters. The summed E-state index contributed by atoms with van der Waals surface area (Å²) in [7, 11) is 1.64. The van der Waals surface area contributed by atoms with Crippen LogP contribution in [0.4, 0.5) is 11.4 Å². The summed E-state index contributed by atoms with van der Waals surface area (Å²) in [6, 6.07) is 14.5. The number of amides is 2. The van der Waals surface area contributed by atoms with Crippen molar-refractivity contribution < 1.29 is 14.3 Å². The van der Waals surface area contributed by atoms with Crippen LogP contribution >= 0.6 is 0 Å². The first kappa shape index (κ1) is 25.2. The maximum atomic E-state index is 12.9. The Balaban J connectivity index is 1.64. The summed E-state index contributed by atoms with van der Waals surface area (Å²) in [5, 5.41) is 6.43. The minimum absolute atomic E-state index is 0.0772. The number of hydrogen-bond acceptors (Lipinski definition) is 4. The summed E-state index contributed by atoms with van der Waals surface area (Å²) in [6.45, 7) is 7.66. The van der Waals surface area contributed by atoms with Gasteiger partial charge in [0.25, 0.3) is 5.91 Å². The summed E-state index contributed by atoms with van der Waals surface area (Å²) in [5.41, 5.74) is 5.09. The van der Waals surface area contributed by atoms with Crippen molar-refractivity contribution in [3.05, 3.63) is 59.2 Å². The van der Waals surface area contributed by atoms with Crippen molar-refractivity contribution in [2.75, 3.05) is 30.5 Å². The molecular formula is C29H39N3O3. The molecule has 0 saturated heterocycles. The normalized spacial score (nSPS) is 21.4. The number of hydrogen-bond donors (Lipinski definition) is 2. The highest BCUT2D eigenvalue weighted by Gasteiger charge is 2.47. The average molecular weight is 478 g/mol. The van der Waals surface area contributed by atoms with Gasteiger partial charge in [0.2, 0.25) is 5.91 Å². The molecule has 4 rings (SSSR count). The lowest BCUT2D eigenvalue weighted by molar-refractivity contribution is -0.117. The third kappa shape index (κ3) is 5.69. The molecule has 0 radical (unpaired) electrons. The Hall–Kier alpha value is -2.86. The van der Waals surface area contributed by atoms with Gasteiger partial charge >= 0.3 is 0 Å². The Morgan fingerprint density at radius 2 is 1.83 bits per heavy atom. The molecule has 1 aliphatic heterocycles. The number of carbonyl (C=O) groups excluding carboxylic acids is 2. The summed E-state index contributed by atoms with van der Waals surface area (Å²) < 4.78 is 5.67. The topological polar surface area (TPSA) is 70.7 Å². The Labute approximate surface area is 209 Å². The predicted molar refractivity (Wildman–Crippen MR) is 141 cm³/mol. The second-order valence-electron chi connectivity index (χ2n) is 9.96. The molecule has 1 fully saturated rings. The number of benzene rings is 2. The van der Waals surface area contributed by atoms with Gasteiger partial charge in [-0.15, -0.1) is 0 Å². The van der Waals surface area contributed by atoms with Crippen molar-refractivity contribution in [2.45, 2.75) is 65.0 Å². The Kier molecular flexibility index (Phi) is 8.11. The molecule has 2 aliphatic rings. The number of anilines is 2. The van der Waals surface area contributed by atoms with Crippen LogP contribution in [0.15, 0.2) is 42.5 Å². The van der Waals surface area contributed by atoms with E-state index in [1.807, 2.05) is 24.3 Å². The highest BCUT2D eigenvalue weighted by Crippen LogP contribution is 2.50. The van der Waals surface area contributed by atoms with Gasteiger partial charge in [0, 0.05) is 56.1 Å². The van der Waals surface area contributed by atoms with Crippen LogP contribution in [0.5, 0.6) is 0 Å². The van der Waals surface area contributed by atoms with Crippen LogP contribution in [-0.2, 0) is 16.0 Å². The predicted octanol–water partition coefficient (Wildman–Crippen LogP) is 5.34. The monoisotopic (exact) mass is 477 g/mol. The summed E-state index contributed by atoms with van der Waals surface area (Å²) >= 11 is 0. The van der Waals surface area contributed by atoms with Crippen molar-refractivity contribution in [2.24, 2.45) is 11.8 Å². The number of carbonyl (C=O) groups is 2. The molecular weight excluding hydrogens is 438 g/mol. The summed E-state index contributed by atoms with van der Waals surface area (Å²) in [6.07, 6.45) is 5.33. The van der Waals surface area contributed by atoms with Crippen molar-refractivity contribution in [3.8, 4) is 0 Å². The van der Waals surface area contributed by atoms with Crippen LogP contribution in [-0.4, -0.2) is 38.1 Å². The highest BCUT2D eigenvalue weighted by molar-refractivity contribution is 5.95. The third-order valence-corrected chi connectivity index (χ3v) is 7.29. The van der Waals surface area contributed by atoms with Crippen LogP contribution in [0.25, 0.3) is 0 Å². The number of rotatable bonds is 10. The van der Waals surface area contributed by atoms with Crippen molar-refractivity contribution in [1.82, 2.24) is 5.32 Å². The van der Waals surface area contributed by atoms with Crippen molar-refractivity contribution >= 4 is 23.2 Å². The fourth-order valence-electron chi connectivity index (χ4n) is 5.44. The second-order valence-corrected chi connectivity index (χ2v) is 9.96. The molecule has 0 spiro atoms. The molecule has 2 aromatic carbocycles.